The molecule has 1 aromatic rings. The van der Waals surface area contributed by atoms with Crippen LogP contribution in [0.25, 0.3) is 0 Å². The fourth-order valence-electron chi connectivity index (χ4n) is 3.41. The molecule has 1 aromatic carbocycles. The van der Waals surface area contributed by atoms with E-state index in [9.17, 15) is 38.0 Å². The minimum atomic E-state index is -5.34. The number of benzene rings is 1. The summed E-state index contributed by atoms with van der Waals surface area (Å²) in [5, 5.41) is 23.3. The first-order valence-electron chi connectivity index (χ1n) is 8.66. The molecule has 0 aromatic heterocycles. The van der Waals surface area contributed by atoms with Crippen LogP contribution in [0.5, 0.6) is 0 Å². The molecule has 0 amide bonds. The number of hydrogen-bond acceptors (Lipinski definition) is 8. The molecule has 0 spiro atoms. The van der Waals surface area contributed by atoms with Crippen molar-refractivity contribution >= 4 is 17.6 Å². The zero-order valence-electron chi connectivity index (χ0n) is 16.1. The maximum absolute atomic E-state index is 13.9. The summed E-state index contributed by atoms with van der Waals surface area (Å²) in [5.41, 5.74) is -4.90. The Morgan fingerprint density at radius 3 is 2.30 bits per heavy atom. The molecule has 1 aliphatic heterocycles. The Bertz CT molecular complexity index is 883. The Labute approximate surface area is 168 Å². The quantitative estimate of drug-likeness (QED) is 0.412. The van der Waals surface area contributed by atoms with Crippen LogP contribution in [0.15, 0.2) is 35.5 Å². The lowest BCUT2D eigenvalue weighted by molar-refractivity contribution is -0.384. The van der Waals surface area contributed by atoms with Crippen LogP contribution < -0.4 is 5.32 Å². The maximum Gasteiger partial charge on any atom is 0.437 e. The molecule has 0 saturated heterocycles. The van der Waals surface area contributed by atoms with Gasteiger partial charge in [0.25, 0.3) is 5.69 Å². The standard InChI is InChI=1S/C18H19F3N2O7/c1-4-30-16(25)14-13(10-5-7-11(8-6-10)23(27)28)12(15(24)29-3)9(2)22-17(14,26)18(19,20)21/h5-8,13-14,22,26H,4H2,1-3H3/t13-,14-,17-/m1/s1. The van der Waals surface area contributed by atoms with Gasteiger partial charge in [-0.3, -0.25) is 14.9 Å². The summed E-state index contributed by atoms with van der Waals surface area (Å²) in [7, 11) is 0.999. The largest absolute Gasteiger partial charge is 0.466 e. The van der Waals surface area contributed by atoms with Crippen molar-refractivity contribution in [3.63, 3.8) is 0 Å². The number of carbonyl (C=O) groups is 2. The molecule has 0 bridgehead atoms. The predicted molar refractivity (Wildman–Crippen MR) is 94.8 cm³/mol. The summed E-state index contributed by atoms with van der Waals surface area (Å²) >= 11 is 0. The SMILES string of the molecule is CCOC(=O)[C@H]1[C@H](c2ccc([N+](=O)[O-])cc2)C(C(=O)OC)=C(C)N[C@]1(O)C(F)(F)F. The van der Waals surface area contributed by atoms with E-state index in [1.807, 2.05) is 5.32 Å². The summed E-state index contributed by atoms with van der Waals surface area (Å²) < 4.78 is 51.0. The molecule has 0 fully saturated rings. The van der Waals surface area contributed by atoms with Crippen LogP contribution in [-0.4, -0.2) is 47.6 Å². The smallest absolute Gasteiger partial charge is 0.437 e. The molecule has 12 heteroatoms. The number of methoxy groups -OCH3 is 1. The highest BCUT2D eigenvalue weighted by molar-refractivity contribution is 5.93. The van der Waals surface area contributed by atoms with E-state index in [0.29, 0.717) is 0 Å². The number of aliphatic hydroxyl groups is 1. The number of nitrogens with zero attached hydrogens (tertiary/aromatic N) is 1. The van der Waals surface area contributed by atoms with E-state index >= 15 is 0 Å². The van der Waals surface area contributed by atoms with E-state index < -0.39 is 40.6 Å². The average Bonchev–Trinajstić information content (AvgIpc) is 2.66. The molecular formula is C18H19F3N2O7. The summed E-state index contributed by atoms with van der Waals surface area (Å²) in [6.45, 7) is 2.19. The number of allylic oxidation sites excluding steroid dienone is 1. The van der Waals surface area contributed by atoms with Gasteiger partial charge in [0.1, 0.15) is 5.92 Å². The number of alkyl halides is 3. The third-order valence-electron chi connectivity index (χ3n) is 4.72. The van der Waals surface area contributed by atoms with Crippen molar-refractivity contribution in [1.82, 2.24) is 5.32 Å². The molecule has 0 radical (unpaired) electrons. The fraction of sp³-hybridized carbons (Fsp3) is 0.444. The van der Waals surface area contributed by atoms with Crippen LogP contribution in [-0.2, 0) is 19.1 Å². The highest BCUT2D eigenvalue weighted by atomic mass is 19.4. The van der Waals surface area contributed by atoms with Crippen LogP contribution in [0, 0.1) is 16.0 Å². The predicted octanol–water partition coefficient (Wildman–Crippen LogP) is 2.16. The molecule has 9 nitrogen and oxygen atoms in total. The van der Waals surface area contributed by atoms with Crippen molar-refractivity contribution in [2.75, 3.05) is 13.7 Å². The van der Waals surface area contributed by atoms with Crippen molar-refractivity contribution < 1.29 is 42.3 Å². The van der Waals surface area contributed by atoms with E-state index in [0.717, 1.165) is 38.3 Å². The number of hydrogen-bond donors (Lipinski definition) is 2. The monoisotopic (exact) mass is 432 g/mol. The van der Waals surface area contributed by atoms with Gasteiger partial charge >= 0.3 is 18.1 Å². The number of ether oxygens (including phenoxy) is 2. The zero-order chi connectivity index (χ0) is 22.9. The van der Waals surface area contributed by atoms with E-state index in [-0.39, 0.29) is 29.1 Å². The summed E-state index contributed by atoms with van der Waals surface area (Å²) in [6.07, 6.45) is -5.34. The lowest BCUT2D eigenvalue weighted by Gasteiger charge is -2.45. The van der Waals surface area contributed by atoms with Gasteiger partial charge < -0.3 is 19.9 Å². The average molecular weight is 432 g/mol. The first kappa shape index (κ1) is 23.1. The number of carbonyl (C=O) groups excluding carboxylic acids is 2. The van der Waals surface area contributed by atoms with Gasteiger partial charge in [-0.25, -0.2) is 4.79 Å². The molecule has 2 N–H and O–H groups in total. The minimum Gasteiger partial charge on any atom is -0.466 e. The molecule has 0 unspecified atom stereocenters. The third kappa shape index (κ3) is 3.95. The number of non-ortho nitro benzene ring substituents is 1. The topological polar surface area (TPSA) is 128 Å². The van der Waals surface area contributed by atoms with Gasteiger partial charge in [0, 0.05) is 23.7 Å². The summed E-state index contributed by atoms with van der Waals surface area (Å²) in [5.74, 6) is -6.45. The first-order valence-corrected chi connectivity index (χ1v) is 8.66. The Kier molecular flexibility index (Phi) is 6.40. The van der Waals surface area contributed by atoms with Gasteiger partial charge in [-0.2, -0.15) is 13.2 Å². The molecule has 1 aliphatic rings. The summed E-state index contributed by atoms with van der Waals surface area (Å²) in [4.78, 5) is 35.1. The van der Waals surface area contributed by atoms with Gasteiger partial charge in [-0.1, -0.05) is 12.1 Å². The Balaban J connectivity index is 2.81. The van der Waals surface area contributed by atoms with E-state index in [1.54, 1.807) is 0 Å². The van der Waals surface area contributed by atoms with Gasteiger partial charge in [0.2, 0.25) is 5.72 Å². The van der Waals surface area contributed by atoms with Gasteiger partial charge in [0.15, 0.2) is 0 Å². The third-order valence-corrected chi connectivity index (χ3v) is 4.72. The molecule has 30 heavy (non-hydrogen) atoms. The van der Waals surface area contributed by atoms with Crippen LogP contribution >= 0.6 is 0 Å². The van der Waals surface area contributed by atoms with Crippen molar-refractivity contribution in [2.45, 2.75) is 31.7 Å². The first-order chi connectivity index (χ1) is 13.9. The second-order valence-corrected chi connectivity index (χ2v) is 6.48. The number of nitrogens with one attached hydrogen (secondary N) is 1. The highest BCUT2D eigenvalue weighted by Gasteiger charge is 2.67. The molecular weight excluding hydrogens is 413 g/mol. The molecule has 0 aliphatic carbocycles. The lowest BCUT2D eigenvalue weighted by Crippen LogP contribution is -2.67. The Morgan fingerprint density at radius 2 is 1.87 bits per heavy atom. The lowest BCUT2D eigenvalue weighted by atomic mass is 9.71. The Hall–Kier alpha value is -3.15. The van der Waals surface area contributed by atoms with Crippen molar-refractivity contribution in [3.8, 4) is 0 Å². The fourth-order valence-corrected chi connectivity index (χ4v) is 3.41. The van der Waals surface area contributed by atoms with Crippen molar-refractivity contribution in [2.24, 2.45) is 5.92 Å². The van der Waals surface area contributed by atoms with Gasteiger partial charge in [-0.15, -0.1) is 0 Å². The normalized spacial score (nSPS) is 24.1. The summed E-state index contributed by atoms with van der Waals surface area (Å²) in [6, 6.07) is 4.23. The number of nitro groups is 1. The molecule has 164 valence electrons. The minimum absolute atomic E-state index is 0.0532. The van der Waals surface area contributed by atoms with Crippen LogP contribution in [0.3, 0.4) is 0 Å². The second-order valence-electron chi connectivity index (χ2n) is 6.48. The Morgan fingerprint density at radius 1 is 1.30 bits per heavy atom. The maximum atomic E-state index is 13.9. The van der Waals surface area contributed by atoms with Crippen LogP contribution in [0.1, 0.15) is 25.3 Å². The van der Waals surface area contributed by atoms with E-state index in [4.69, 9.17) is 4.74 Å². The zero-order valence-corrected chi connectivity index (χ0v) is 16.1. The number of halogens is 3. The van der Waals surface area contributed by atoms with E-state index in [2.05, 4.69) is 4.74 Å². The van der Waals surface area contributed by atoms with Crippen LogP contribution in [0.2, 0.25) is 0 Å². The van der Waals surface area contributed by atoms with Crippen LogP contribution in [0.4, 0.5) is 18.9 Å². The number of esters is 2. The molecule has 1 heterocycles. The molecule has 2 rings (SSSR count). The highest BCUT2D eigenvalue weighted by Crippen LogP contribution is 2.49. The van der Waals surface area contributed by atoms with Gasteiger partial charge in [0.05, 0.1) is 24.2 Å². The number of rotatable bonds is 5. The van der Waals surface area contributed by atoms with E-state index in [1.165, 1.54) is 6.92 Å². The van der Waals surface area contributed by atoms with Gasteiger partial charge in [-0.05, 0) is 19.4 Å². The molecule has 3 atom stereocenters. The van der Waals surface area contributed by atoms with Crippen molar-refractivity contribution in [1.29, 1.82) is 0 Å². The number of nitro benzene ring substituents is 1. The second kappa shape index (κ2) is 8.30. The van der Waals surface area contributed by atoms with Crippen molar-refractivity contribution in [3.05, 3.63) is 51.2 Å². The molecule has 0 saturated carbocycles.